The largest absolute Gasteiger partial charge is 0.341 e. The van der Waals surface area contributed by atoms with Crippen LogP contribution in [0.15, 0.2) is 48.5 Å². The van der Waals surface area contributed by atoms with Crippen LogP contribution in [0, 0.1) is 6.92 Å². The molecule has 1 atom stereocenters. The zero-order chi connectivity index (χ0) is 12.5. The second-order valence-electron chi connectivity index (χ2n) is 4.41. The summed E-state index contributed by atoms with van der Waals surface area (Å²) < 4.78 is 0.847. The molecule has 0 saturated carbocycles. The second-order valence-corrected chi connectivity index (χ2v) is 6.19. The highest BCUT2D eigenvalue weighted by molar-refractivity contribution is 8.23. The van der Waals surface area contributed by atoms with Gasteiger partial charge in [-0.1, -0.05) is 72.0 Å². The monoisotopic (exact) mass is 271 g/mol. The minimum Gasteiger partial charge on any atom is -0.341 e. The molecule has 0 amide bonds. The summed E-state index contributed by atoms with van der Waals surface area (Å²) in [6, 6.07) is 17.1. The van der Waals surface area contributed by atoms with Crippen LogP contribution < -0.4 is 5.32 Å². The Bertz CT molecular complexity index is 590. The maximum absolute atomic E-state index is 5.34. The van der Waals surface area contributed by atoms with Crippen LogP contribution >= 0.6 is 24.0 Å². The number of hydrogen-bond donors (Lipinski definition) is 1. The lowest BCUT2D eigenvalue weighted by Gasteiger charge is -2.26. The van der Waals surface area contributed by atoms with E-state index in [0.29, 0.717) is 5.25 Å². The van der Waals surface area contributed by atoms with E-state index in [2.05, 4.69) is 54.7 Å². The SMILES string of the molecule is Cc1ccc(C2SC(=S)Nc3ccccc32)cc1. The molecular formula is C15H13NS2. The van der Waals surface area contributed by atoms with E-state index >= 15 is 0 Å². The van der Waals surface area contributed by atoms with Crippen molar-refractivity contribution in [2.45, 2.75) is 12.2 Å². The first-order valence-electron chi connectivity index (χ1n) is 5.87. The molecule has 1 aliphatic rings. The number of nitrogens with one attached hydrogen (secondary N) is 1. The summed E-state index contributed by atoms with van der Waals surface area (Å²) in [6.07, 6.45) is 0. The average molecular weight is 271 g/mol. The molecule has 1 nitrogen and oxygen atoms in total. The van der Waals surface area contributed by atoms with Crippen molar-refractivity contribution in [3.05, 3.63) is 65.2 Å². The van der Waals surface area contributed by atoms with Crippen molar-refractivity contribution in [3.63, 3.8) is 0 Å². The lowest BCUT2D eigenvalue weighted by molar-refractivity contribution is 1.15. The van der Waals surface area contributed by atoms with Gasteiger partial charge in [0.05, 0.1) is 5.25 Å². The Morgan fingerprint density at radius 3 is 2.56 bits per heavy atom. The molecule has 90 valence electrons. The van der Waals surface area contributed by atoms with Gasteiger partial charge in [-0.15, -0.1) is 0 Å². The molecule has 0 aromatic heterocycles. The van der Waals surface area contributed by atoms with Gasteiger partial charge in [0.1, 0.15) is 4.32 Å². The number of aryl methyl sites for hydroxylation is 1. The molecule has 1 aliphatic heterocycles. The maximum atomic E-state index is 5.34. The summed E-state index contributed by atoms with van der Waals surface area (Å²) >= 11 is 7.04. The number of fused-ring (bicyclic) bond motifs is 1. The van der Waals surface area contributed by atoms with Crippen LogP contribution in [0.1, 0.15) is 21.9 Å². The zero-order valence-corrected chi connectivity index (χ0v) is 11.6. The van der Waals surface area contributed by atoms with E-state index in [1.54, 1.807) is 11.8 Å². The molecular weight excluding hydrogens is 258 g/mol. The number of thioether (sulfide) groups is 1. The molecule has 2 aromatic carbocycles. The highest BCUT2D eigenvalue weighted by Gasteiger charge is 2.24. The Kier molecular flexibility index (Phi) is 3.10. The number of para-hydroxylation sites is 1. The van der Waals surface area contributed by atoms with Crippen LogP contribution in [-0.2, 0) is 0 Å². The third-order valence-corrected chi connectivity index (χ3v) is 4.55. The van der Waals surface area contributed by atoms with Crippen LogP contribution in [0.3, 0.4) is 0 Å². The van der Waals surface area contributed by atoms with Gasteiger partial charge in [0.15, 0.2) is 0 Å². The fourth-order valence-electron chi connectivity index (χ4n) is 2.14. The Labute approximate surface area is 117 Å². The predicted molar refractivity (Wildman–Crippen MR) is 83.3 cm³/mol. The first-order valence-corrected chi connectivity index (χ1v) is 7.16. The Balaban J connectivity index is 2.07. The number of benzene rings is 2. The molecule has 1 unspecified atom stereocenters. The first kappa shape index (κ1) is 11.8. The van der Waals surface area contributed by atoms with Crippen LogP contribution in [0.5, 0.6) is 0 Å². The van der Waals surface area contributed by atoms with Gasteiger partial charge in [0.25, 0.3) is 0 Å². The average Bonchev–Trinajstić information content (AvgIpc) is 2.38. The fourth-order valence-corrected chi connectivity index (χ4v) is 3.55. The van der Waals surface area contributed by atoms with E-state index in [1.807, 2.05) is 6.07 Å². The lowest BCUT2D eigenvalue weighted by Crippen LogP contribution is -2.16. The van der Waals surface area contributed by atoms with Crippen molar-refractivity contribution in [1.82, 2.24) is 0 Å². The maximum Gasteiger partial charge on any atom is 0.139 e. The van der Waals surface area contributed by atoms with Gasteiger partial charge in [-0.05, 0) is 24.1 Å². The molecule has 0 saturated heterocycles. The molecule has 0 fully saturated rings. The molecule has 0 bridgehead atoms. The summed E-state index contributed by atoms with van der Waals surface area (Å²) in [7, 11) is 0. The molecule has 0 aliphatic carbocycles. The summed E-state index contributed by atoms with van der Waals surface area (Å²) in [4.78, 5) is 0. The molecule has 3 heteroatoms. The Morgan fingerprint density at radius 2 is 1.78 bits per heavy atom. The third-order valence-electron chi connectivity index (χ3n) is 3.08. The smallest absolute Gasteiger partial charge is 0.139 e. The van der Waals surface area contributed by atoms with Crippen LogP contribution in [0.2, 0.25) is 0 Å². The van der Waals surface area contributed by atoms with Crippen LogP contribution in [0.25, 0.3) is 0 Å². The number of hydrogen-bond acceptors (Lipinski definition) is 2. The first-order chi connectivity index (χ1) is 8.74. The number of thiocarbonyl (C=S) groups is 1. The van der Waals surface area contributed by atoms with Gasteiger partial charge in [-0.2, -0.15) is 0 Å². The van der Waals surface area contributed by atoms with Crippen molar-refractivity contribution < 1.29 is 0 Å². The van der Waals surface area contributed by atoms with Crippen molar-refractivity contribution in [2.24, 2.45) is 0 Å². The molecule has 1 N–H and O–H groups in total. The van der Waals surface area contributed by atoms with Gasteiger partial charge in [-0.25, -0.2) is 0 Å². The number of anilines is 1. The van der Waals surface area contributed by atoms with Gasteiger partial charge in [0, 0.05) is 5.69 Å². The van der Waals surface area contributed by atoms with E-state index in [-0.39, 0.29) is 0 Å². The second kappa shape index (κ2) is 4.75. The zero-order valence-electron chi connectivity index (χ0n) is 10.0. The molecule has 3 rings (SSSR count). The summed E-state index contributed by atoms with van der Waals surface area (Å²) in [5, 5.41) is 3.57. The van der Waals surface area contributed by atoms with E-state index in [0.717, 1.165) is 10.0 Å². The van der Waals surface area contributed by atoms with Crippen molar-refractivity contribution >= 4 is 34.0 Å². The molecule has 0 spiro atoms. The highest BCUT2D eigenvalue weighted by Crippen LogP contribution is 2.43. The van der Waals surface area contributed by atoms with Gasteiger partial charge in [0.2, 0.25) is 0 Å². The van der Waals surface area contributed by atoms with E-state index in [9.17, 15) is 0 Å². The highest BCUT2D eigenvalue weighted by atomic mass is 32.2. The molecule has 18 heavy (non-hydrogen) atoms. The summed E-state index contributed by atoms with van der Waals surface area (Å²) in [5.74, 6) is 0. The summed E-state index contributed by atoms with van der Waals surface area (Å²) in [5.41, 5.74) is 5.03. The molecule has 2 aromatic rings. The fraction of sp³-hybridized carbons (Fsp3) is 0.133. The lowest BCUT2D eigenvalue weighted by atomic mass is 10.0. The van der Waals surface area contributed by atoms with E-state index in [4.69, 9.17) is 12.2 Å². The number of rotatable bonds is 1. The standard InChI is InChI=1S/C15H13NS2/c1-10-6-8-11(9-7-10)14-12-4-2-3-5-13(12)16-15(17)18-14/h2-9,14H,1H3,(H,16,17). The normalized spacial score (nSPS) is 18.1. The van der Waals surface area contributed by atoms with Gasteiger partial charge >= 0.3 is 0 Å². The van der Waals surface area contributed by atoms with Gasteiger partial charge < -0.3 is 5.32 Å². The summed E-state index contributed by atoms with van der Waals surface area (Å²) in [6.45, 7) is 2.11. The quantitative estimate of drug-likeness (QED) is 0.765. The predicted octanol–water partition coefficient (Wildman–Crippen LogP) is 4.53. The van der Waals surface area contributed by atoms with Gasteiger partial charge in [-0.3, -0.25) is 0 Å². The third kappa shape index (κ3) is 2.16. The molecule has 0 radical (unpaired) electrons. The minimum absolute atomic E-state index is 0.301. The van der Waals surface area contributed by atoms with E-state index < -0.39 is 0 Å². The topological polar surface area (TPSA) is 12.0 Å². The van der Waals surface area contributed by atoms with Crippen molar-refractivity contribution in [3.8, 4) is 0 Å². The Hall–Kier alpha value is -1.32. The van der Waals surface area contributed by atoms with Crippen LogP contribution in [-0.4, -0.2) is 4.32 Å². The molecule has 1 heterocycles. The van der Waals surface area contributed by atoms with E-state index in [1.165, 1.54) is 16.7 Å². The van der Waals surface area contributed by atoms with Crippen molar-refractivity contribution in [2.75, 3.05) is 5.32 Å². The minimum atomic E-state index is 0.301. The Morgan fingerprint density at radius 1 is 1.06 bits per heavy atom. The van der Waals surface area contributed by atoms with Crippen molar-refractivity contribution in [1.29, 1.82) is 0 Å². The van der Waals surface area contributed by atoms with Crippen LogP contribution in [0.4, 0.5) is 5.69 Å².